The molecule has 0 bridgehead atoms. The van der Waals surface area contributed by atoms with Gasteiger partial charge in [-0.25, -0.2) is 8.42 Å². The third kappa shape index (κ3) is 2.61. The minimum absolute atomic E-state index is 0.375. The van der Waals surface area contributed by atoms with Crippen molar-refractivity contribution in [3.05, 3.63) is 29.3 Å². The number of nitrogens with one attached hydrogen (secondary N) is 1. The van der Waals surface area contributed by atoms with Gasteiger partial charge < -0.3 is 5.11 Å². The van der Waals surface area contributed by atoms with Gasteiger partial charge in [0.15, 0.2) is 0 Å². The molecule has 0 amide bonds. The smallest absolute Gasteiger partial charge is 0.237 e. The van der Waals surface area contributed by atoms with Crippen molar-refractivity contribution in [2.24, 2.45) is 0 Å². The molecule has 1 aliphatic carbocycles. The maximum absolute atomic E-state index is 11.8. The van der Waals surface area contributed by atoms with Crippen LogP contribution in [0.15, 0.2) is 18.2 Å². The van der Waals surface area contributed by atoms with E-state index in [1.807, 2.05) is 12.1 Å². The van der Waals surface area contributed by atoms with Gasteiger partial charge in [-0.1, -0.05) is 6.07 Å². The van der Waals surface area contributed by atoms with E-state index < -0.39 is 15.3 Å². The molecule has 0 heterocycles. The summed E-state index contributed by atoms with van der Waals surface area (Å²) in [6, 6.07) is 5.65. The van der Waals surface area contributed by atoms with Gasteiger partial charge in [-0.3, -0.25) is 4.72 Å². The molecule has 1 aliphatic rings. The number of hydrogen-bond donors (Lipinski definition) is 2. The third-order valence-corrected chi connectivity index (χ3v) is 4.87. The van der Waals surface area contributed by atoms with Crippen LogP contribution in [0.1, 0.15) is 24.5 Å². The first-order chi connectivity index (χ1) is 8.03. The molecule has 5 heteroatoms. The first kappa shape index (κ1) is 12.4. The van der Waals surface area contributed by atoms with Crippen LogP contribution in [0.25, 0.3) is 0 Å². The van der Waals surface area contributed by atoms with Gasteiger partial charge in [0.05, 0.1) is 6.61 Å². The van der Waals surface area contributed by atoms with Crippen LogP contribution in [0.4, 0.5) is 5.69 Å². The number of aryl methyl sites for hydroxylation is 2. The van der Waals surface area contributed by atoms with Gasteiger partial charge in [-0.2, -0.15) is 0 Å². The highest BCUT2D eigenvalue weighted by Gasteiger charge is 2.20. The molecule has 0 fully saturated rings. The van der Waals surface area contributed by atoms with Crippen molar-refractivity contribution in [1.82, 2.24) is 0 Å². The average Bonchev–Trinajstić information content (AvgIpc) is 2.74. The van der Waals surface area contributed by atoms with Gasteiger partial charge >= 0.3 is 0 Å². The zero-order valence-electron chi connectivity index (χ0n) is 9.81. The van der Waals surface area contributed by atoms with Crippen molar-refractivity contribution in [3.63, 3.8) is 0 Å². The topological polar surface area (TPSA) is 66.4 Å². The Labute approximate surface area is 102 Å². The molecular formula is C12H17NO3S. The number of rotatable bonds is 4. The lowest BCUT2D eigenvalue weighted by Gasteiger charge is -2.13. The van der Waals surface area contributed by atoms with Crippen LogP contribution in [-0.2, 0) is 22.9 Å². The molecule has 17 heavy (non-hydrogen) atoms. The summed E-state index contributed by atoms with van der Waals surface area (Å²) in [5, 5.41) is 8.09. The van der Waals surface area contributed by atoms with Gasteiger partial charge in [-0.05, 0) is 49.4 Å². The summed E-state index contributed by atoms with van der Waals surface area (Å²) in [6.45, 7) is 1.11. The third-order valence-electron chi connectivity index (χ3n) is 3.15. The molecule has 1 aromatic carbocycles. The van der Waals surface area contributed by atoms with E-state index in [0.29, 0.717) is 5.69 Å². The maximum Gasteiger partial charge on any atom is 0.237 e. The van der Waals surface area contributed by atoms with Crippen molar-refractivity contribution in [3.8, 4) is 0 Å². The summed E-state index contributed by atoms with van der Waals surface area (Å²) in [6.07, 6.45) is 3.23. The Hall–Kier alpha value is -1.07. The fraction of sp³-hybridized carbons (Fsp3) is 0.500. The summed E-state index contributed by atoms with van der Waals surface area (Å²) in [4.78, 5) is 0. The summed E-state index contributed by atoms with van der Waals surface area (Å²) in [7, 11) is -3.48. The summed E-state index contributed by atoms with van der Waals surface area (Å²) < 4.78 is 26.0. The Morgan fingerprint density at radius 1 is 1.35 bits per heavy atom. The zero-order valence-corrected chi connectivity index (χ0v) is 10.6. The molecule has 0 saturated heterocycles. The van der Waals surface area contributed by atoms with E-state index in [-0.39, 0.29) is 6.61 Å². The van der Waals surface area contributed by atoms with E-state index in [4.69, 9.17) is 5.11 Å². The molecule has 2 rings (SSSR count). The summed E-state index contributed by atoms with van der Waals surface area (Å²) in [5.74, 6) is 0. The average molecular weight is 255 g/mol. The number of aliphatic hydroxyl groups is 1. The van der Waals surface area contributed by atoms with Gasteiger partial charge in [0.25, 0.3) is 0 Å². The molecule has 94 valence electrons. The minimum Gasteiger partial charge on any atom is -0.395 e. The van der Waals surface area contributed by atoms with E-state index >= 15 is 0 Å². The Kier molecular flexibility index (Phi) is 3.40. The standard InChI is InChI=1S/C12H17NO3S/c1-9(8-14)17(15,16)13-12-6-5-10-3-2-4-11(10)7-12/h5-7,9,13-14H,2-4,8H2,1H3. The van der Waals surface area contributed by atoms with E-state index in [2.05, 4.69) is 4.72 Å². The molecule has 2 N–H and O–H groups in total. The van der Waals surface area contributed by atoms with Crippen LogP contribution in [0.2, 0.25) is 0 Å². The molecule has 1 aromatic rings. The predicted octanol–water partition coefficient (Wildman–Crippen LogP) is 1.30. The number of benzene rings is 1. The second-order valence-corrected chi connectivity index (χ2v) is 6.58. The van der Waals surface area contributed by atoms with Gasteiger partial charge in [0.2, 0.25) is 10.0 Å². The molecule has 1 unspecified atom stereocenters. The van der Waals surface area contributed by atoms with E-state index in [0.717, 1.165) is 19.3 Å². The molecule has 0 spiro atoms. The van der Waals surface area contributed by atoms with Crippen LogP contribution >= 0.6 is 0 Å². The molecule has 0 saturated carbocycles. The van der Waals surface area contributed by atoms with Crippen molar-refractivity contribution in [1.29, 1.82) is 0 Å². The number of hydrogen-bond acceptors (Lipinski definition) is 3. The first-order valence-electron chi connectivity index (χ1n) is 5.77. The highest BCUT2D eigenvalue weighted by Crippen LogP contribution is 2.25. The van der Waals surface area contributed by atoms with Crippen molar-refractivity contribution in [2.45, 2.75) is 31.4 Å². The van der Waals surface area contributed by atoms with Gasteiger partial charge in [0.1, 0.15) is 5.25 Å². The Morgan fingerprint density at radius 2 is 2.06 bits per heavy atom. The van der Waals surface area contributed by atoms with Crippen LogP contribution < -0.4 is 4.72 Å². The maximum atomic E-state index is 11.8. The van der Waals surface area contributed by atoms with Crippen LogP contribution in [0.3, 0.4) is 0 Å². The summed E-state index contributed by atoms with van der Waals surface area (Å²) in [5.41, 5.74) is 3.12. The highest BCUT2D eigenvalue weighted by molar-refractivity contribution is 7.93. The van der Waals surface area contributed by atoms with Gasteiger partial charge in [-0.15, -0.1) is 0 Å². The molecular weight excluding hydrogens is 238 g/mol. The second-order valence-electron chi connectivity index (χ2n) is 4.48. The highest BCUT2D eigenvalue weighted by atomic mass is 32.2. The lowest BCUT2D eigenvalue weighted by Crippen LogP contribution is -2.28. The predicted molar refractivity (Wildman–Crippen MR) is 67.6 cm³/mol. The first-order valence-corrected chi connectivity index (χ1v) is 7.32. The summed E-state index contributed by atoms with van der Waals surface area (Å²) >= 11 is 0. The monoisotopic (exact) mass is 255 g/mol. The fourth-order valence-electron chi connectivity index (χ4n) is 2.00. The molecule has 0 aliphatic heterocycles. The quantitative estimate of drug-likeness (QED) is 0.852. The fourth-order valence-corrected chi connectivity index (χ4v) is 2.85. The lowest BCUT2D eigenvalue weighted by molar-refractivity contribution is 0.296. The number of sulfonamides is 1. The SMILES string of the molecule is CC(CO)S(=O)(=O)Nc1ccc2c(c1)CCC2. The Bertz CT molecular complexity index is 510. The van der Waals surface area contributed by atoms with E-state index in [1.54, 1.807) is 6.07 Å². The van der Waals surface area contributed by atoms with E-state index in [1.165, 1.54) is 18.1 Å². The van der Waals surface area contributed by atoms with Crippen molar-refractivity contribution < 1.29 is 13.5 Å². The zero-order chi connectivity index (χ0) is 12.5. The van der Waals surface area contributed by atoms with Crippen LogP contribution in [-0.4, -0.2) is 25.4 Å². The normalized spacial score (nSPS) is 16.6. The molecule has 1 atom stereocenters. The molecule has 4 nitrogen and oxygen atoms in total. The number of fused-ring (bicyclic) bond motifs is 1. The lowest BCUT2D eigenvalue weighted by atomic mass is 10.1. The molecule has 0 aromatic heterocycles. The number of anilines is 1. The largest absolute Gasteiger partial charge is 0.395 e. The molecule has 0 radical (unpaired) electrons. The van der Waals surface area contributed by atoms with Crippen LogP contribution in [0.5, 0.6) is 0 Å². The van der Waals surface area contributed by atoms with Crippen molar-refractivity contribution in [2.75, 3.05) is 11.3 Å². The second kappa shape index (κ2) is 4.66. The van der Waals surface area contributed by atoms with Gasteiger partial charge in [0, 0.05) is 5.69 Å². The Morgan fingerprint density at radius 3 is 2.76 bits per heavy atom. The number of aliphatic hydroxyl groups excluding tert-OH is 1. The van der Waals surface area contributed by atoms with E-state index in [9.17, 15) is 8.42 Å². The Balaban J connectivity index is 2.20. The minimum atomic E-state index is -3.48. The van der Waals surface area contributed by atoms with Crippen molar-refractivity contribution >= 4 is 15.7 Å². The van der Waals surface area contributed by atoms with Crippen LogP contribution in [0, 0.1) is 0 Å².